The van der Waals surface area contributed by atoms with Crippen LogP contribution >= 0.6 is 31.9 Å². The molecule has 4 rings (SSSR count). The highest BCUT2D eigenvalue weighted by Crippen LogP contribution is 2.44. The Labute approximate surface area is 206 Å². The second-order valence-corrected chi connectivity index (χ2v) is 12.4. The van der Waals surface area contributed by atoms with Gasteiger partial charge in [-0.1, -0.05) is 65.1 Å². The first-order chi connectivity index (χ1) is 15.2. The minimum absolute atomic E-state index is 0.0976. The number of alkyl halides is 2. The number of imide groups is 1. The molecular formula is C25H31Br2NO4. The summed E-state index contributed by atoms with van der Waals surface area (Å²) in [5.41, 5.74) is 0.842. The first kappa shape index (κ1) is 23.9. The maximum Gasteiger partial charge on any atom is 0.338 e. The first-order valence-corrected chi connectivity index (χ1v) is 13.5. The molecule has 0 radical (unpaired) electrons. The molecule has 5 nitrogen and oxygen atoms in total. The molecule has 2 aliphatic carbocycles. The molecule has 1 aliphatic heterocycles. The highest BCUT2D eigenvalue weighted by atomic mass is 79.9. The van der Waals surface area contributed by atoms with Gasteiger partial charge in [0, 0.05) is 9.65 Å². The largest absolute Gasteiger partial charge is 0.458 e. The molecule has 2 saturated carbocycles. The van der Waals surface area contributed by atoms with E-state index in [0.29, 0.717) is 41.8 Å². The van der Waals surface area contributed by atoms with Crippen molar-refractivity contribution in [2.24, 2.45) is 29.6 Å². The normalized spacial score (nSPS) is 35.2. The second-order valence-electron chi connectivity index (χ2n) is 10.0. The van der Waals surface area contributed by atoms with Gasteiger partial charge in [0.25, 0.3) is 0 Å². The monoisotopic (exact) mass is 567 g/mol. The Morgan fingerprint density at radius 3 is 2.25 bits per heavy atom. The minimum Gasteiger partial charge on any atom is -0.458 e. The number of rotatable bonds is 4. The summed E-state index contributed by atoms with van der Waals surface area (Å²) in [7, 11) is 0. The first-order valence-electron chi connectivity index (χ1n) is 11.6. The van der Waals surface area contributed by atoms with Gasteiger partial charge < -0.3 is 4.74 Å². The van der Waals surface area contributed by atoms with Crippen LogP contribution in [-0.4, -0.2) is 33.5 Å². The van der Waals surface area contributed by atoms with E-state index in [9.17, 15) is 14.4 Å². The minimum atomic E-state index is -0.380. The van der Waals surface area contributed by atoms with Crippen molar-refractivity contribution in [1.82, 2.24) is 0 Å². The predicted octanol–water partition coefficient (Wildman–Crippen LogP) is 5.73. The third-order valence-electron chi connectivity index (χ3n) is 7.47. The number of fused-ring (bicyclic) bond motifs is 1. The predicted molar refractivity (Wildman–Crippen MR) is 131 cm³/mol. The molecule has 1 saturated heterocycles. The Balaban J connectivity index is 1.53. The molecule has 0 spiro atoms. The smallest absolute Gasteiger partial charge is 0.338 e. The van der Waals surface area contributed by atoms with Crippen LogP contribution in [0.5, 0.6) is 0 Å². The summed E-state index contributed by atoms with van der Waals surface area (Å²) in [6, 6.07) is 6.77. The van der Waals surface area contributed by atoms with E-state index in [2.05, 4.69) is 52.6 Å². The molecule has 1 aromatic rings. The maximum absolute atomic E-state index is 13.1. The quantitative estimate of drug-likeness (QED) is 0.264. The Kier molecular flexibility index (Phi) is 7.16. The summed E-state index contributed by atoms with van der Waals surface area (Å²) in [6.07, 6.45) is 4.26. The van der Waals surface area contributed by atoms with Crippen LogP contribution in [0, 0.1) is 29.6 Å². The number of nitrogens with zero attached hydrogens (tertiary/aromatic N) is 1. The number of halogens is 2. The zero-order chi connectivity index (χ0) is 23.2. The van der Waals surface area contributed by atoms with Crippen molar-refractivity contribution in [3.63, 3.8) is 0 Å². The maximum atomic E-state index is 13.1. The van der Waals surface area contributed by atoms with E-state index in [0.717, 1.165) is 12.8 Å². The van der Waals surface area contributed by atoms with E-state index in [1.165, 1.54) is 11.3 Å². The lowest BCUT2D eigenvalue weighted by Gasteiger charge is -2.36. The van der Waals surface area contributed by atoms with E-state index in [1.807, 2.05) is 0 Å². The van der Waals surface area contributed by atoms with Crippen LogP contribution < -0.4 is 4.90 Å². The van der Waals surface area contributed by atoms with Crippen LogP contribution in [0.15, 0.2) is 24.3 Å². The highest BCUT2D eigenvalue weighted by Gasteiger charge is 2.52. The molecule has 7 atom stereocenters. The number of amides is 2. The number of ether oxygens (including phenoxy) is 1. The zero-order valence-corrected chi connectivity index (χ0v) is 22.0. The van der Waals surface area contributed by atoms with Crippen LogP contribution in [0.3, 0.4) is 0 Å². The third-order valence-corrected chi connectivity index (χ3v) is 10.2. The molecule has 3 aliphatic rings. The van der Waals surface area contributed by atoms with E-state index >= 15 is 0 Å². The van der Waals surface area contributed by atoms with E-state index in [-0.39, 0.29) is 45.4 Å². The van der Waals surface area contributed by atoms with Crippen LogP contribution in [0.4, 0.5) is 5.69 Å². The lowest BCUT2D eigenvalue weighted by molar-refractivity contribution is -0.122. The van der Waals surface area contributed by atoms with Gasteiger partial charge in [0.15, 0.2) is 0 Å². The van der Waals surface area contributed by atoms with Crippen molar-refractivity contribution in [2.75, 3.05) is 4.90 Å². The fourth-order valence-corrected chi connectivity index (χ4v) is 6.81. The Morgan fingerprint density at radius 2 is 1.66 bits per heavy atom. The summed E-state index contributed by atoms with van der Waals surface area (Å²) < 4.78 is 5.98. The number of hydrogen-bond donors (Lipinski definition) is 0. The van der Waals surface area contributed by atoms with E-state index in [1.54, 1.807) is 24.3 Å². The molecule has 0 aromatic heterocycles. The van der Waals surface area contributed by atoms with Gasteiger partial charge in [0.05, 0.1) is 23.1 Å². The second kappa shape index (κ2) is 9.57. The Bertz CT molecular complexity index is 876. The Hall–Kier alpha value is -1.21. The number of hydrogen-bond acceptors (Lipinski definition) is 4. The van der Waals surface area contributed by atoms with Crippen molar-refractivity contribution < 1.29 is 19.1 Å². The summed E-state index contributed by atoms with van der Waals surface area (Å²) in [5, 5.41) is 0. The van der Waals surface area contributed by atoms with Crippen molar-refractivity contribution >= 4 is 55.3 Å². The molecule has 0 N–H and O–H groups in total. The number of benzene rings is 1. The van der Waals surface area contributed by atoms with Gasteiger partial charge in [-0.3, -0.25) is 14.5 Å². The molecule has 1 heterocycles. The van der Waals surface area contributed by atoms with Crippen molar-refractivity contribution in [1.29, 1.82) is 0 Å². The molecule has 0 unspecified atom stereocenters. The average molecular weight is 569 g/mol. The van der Waals surface area contributed by atoms with Crippen molar-refractivity contribution in [3.8, 4) is 0 Å². The molecule has 3 fully saturated rings. The van der Waals surface area contributed by atoms with Gasteiger partial charge in [0.1, 0.15) is 6.10 Å². The third kappa shape index (κ3) is 4.56. The fraction of sp³-hybridized carbons (Fsp3) is 0.640. The summed E-state index contributed by atoms with van der Waals surface area (Å²) >= 11 is 7.24. The lowest BCUT2D eigenvalue weighted by Crippen LogP contribution is -2.36. The summed E-state index contributed by atoms with van der Waals surface area (Å²) in [5.74, 6) is -0.00349. The van der Waals surface area contributed by atoms with Gasteiger partial charge in [-0.05, 0) is 61.6 Å². The van der Waals surface area contributed by atoms with E-state index < -0.39 is 0 Å². The SMILES string of the molecule is CC(C)[C@H]1CC[C@@H](C)C[C@H]1OC(=O)c1cccc(N2C(=O)[C@H]3C[C@@H](Br)[C@@H](Br)C[C@H]3C2=O)c1. The lowest BCUT2D eigenvalue weighted by atomic mass is 9.75. The molecular weight excluding hydrogens is 538 g/mol. The molecule has 0 bridgehead atoms. The zero-order valence-electron chi connectivity index (χ0n) is 18.8. The van der Waals surface area contributed by atoms with Crippen LogP contribution in [0.2, 0.25) is 0 Å². The molecule has 1 aromatic carbocycles. The molecule has 32 heavy (non-hydrogen) atoms. The number of esters is 1. The van der Waals surface area contributed by atoms with Gasteiger partial charge >= 0.3 is 5.97 Å². The summed E-state index contributed by atoms with van der Waals surface area (Å²) in [4.78, 5) is 40.8. The standard InChI is InChI=1S/C25H31Br2NO4/c1-13(2)17-8-7-14(3)9-22(17)32-25(31)15-5-4-6-16(10-15)28-23(29)18-11-20(26)21(27)12-19(18)24(28)30/h4-6,10,13-14,17-22H,7-9,11-12H2,1-3H3/t14-,17-,18-,19+,20+,21-,22-/m1/s1. The molecule has 2 amide bonds. The topological polar surface area (TPSA) is 63.7 Å². The van der Waals surface area contributed by atoms with Crippen molar-refractivity contribution in [3.05, 3.63) is 29.8 Å². The number of carbonyl (C=O) groups excluding carboxylic acids is 3. The van der Waals surface area contributed by atoms with Crippen LogP contribution in [-0.2, 0) is 14.3 Å². The van der Waals surface area contributed by atoms with Gasteiger partial charge in [-0.15, -0.1) is 0 Å². The number of carbonyl (C=O) groups is 3. The summed E-state index contributed by atoms with van der Waals surface area (Å²) in [6.45, 7) is 6.57. The van der Waals surface area contributed by atoms with Crippen molar-refractivity contribution in [2.45, 2.75) is 68.6 Å². The molecule has 7 heteroatoms. The van der Waals surface area contributed by atoms with Gasteiger partial charge in [0.2, 0.25) is 11.8 Å². The van der Waals surface area contributed by atoms with Gasteiger partial charge in [-0.25, -0.2) is 4.79 Å². The fourth-order valence-electron chi connectivity index (χ4n) is 5.58. The molecule has 174 valence electrons. The van der Waals surface area contributed by atoms with E-state index in [4.69, 9.17) is 4.74 Å². The van der Waals surface area contributed by atoms with Crippen LogP contribution in [0.25, 0.3) is 0 Å². The number of anilines is 1. The highest BCUT2D eigenvalue weighted by molar-refractivity contribution is 9.12. The average Bonchev–Trinajstić information content (AvgIpc) is 2.98. The van der Waals surface area contributed by atoms with Crippen LogP contribution in [0.1, 0.15) is 63.2 Å². The Morgan fingerprint density at radius 1 is 1.03 bits per heavy atom. The van der Waals surface area contributed by atoms with Gasteiger partial charge in [-0.2, -0.15) is 0 Å².